The van der Waals surface area contributed by atoms with E-state index in [1.165, 1.54) is 0 Å². The van der Waals surface area contributed by atoms with Crippen LogP contribution in [0.2, 0.25) is 0 Å². The number of carbonyl (C=O) groups is 1. The fourth-order valence-electron chi connectivity index (χ4n) is 2.32. The van der Waals surface area contributed by atoms with Crippen molar-refractivity contribution in [3.05, 3.63) is 0 Å². The van der Waals surface area contributed by atoms with Gasteiger partial charge in [-0.05, 0) is 25.9 Å². The summed E-state index contributed by atoms with van der Waals surface area (Å²) >= 11 is 0. The zero-order chi connectivity index (χ0) is 8.77. The maximum Gasteiger partial charge on any atom is 0.251 e. The van der Waals surface area contributed by atoms with Crippen molar-refractivity contribution in [3.8, 4) is 0 Å². The minimum atomic E-state index is -1.24. The van der Waals surface area contributed by atoms with Crippen molar-refractivity contribution in [2.75, 3.05) is 19.6 Å². The average molecular weight is 170 g/mol. The van der Waals surface area contributed by atoms with Crippen LogP contribution in [0.15, 0.2) is 0 Å². The number of fused-ring (bicyclic) bond motifs is 3. The minimum absolute atomic E-state index is 0.0972. The van der Waals surface area contributed by atoms with Gasteiger partial charge in [0.05, 0.1) is 0 Å². The summed E-state index contributed by atoms with van der Waals surface area (Å²) < 4.78 is 0. The Hall–Kier alpha value is -0.610. The number of nitrogens with zero attached hydrogens (tertiary/aromatic N) is 1. The molecule has 3 rings (SSSR count). The molecule has 3 aliphatic heterocycles. The van der Waals surface area contributed by atoms with Gasteiger partial charge in [0.25, 0.3) is 5.91 Å². The molecular formula is C8H14N2O2. The molecule has 0 unspecified atom stereocenters. The topological polar surface area (TPSA) is 66.6 Å². The first-order chi connectivity index (χ1) is 5.63. The lowest BCUT2D eigenvalue weighted by Gasteiger charge is -2.48. The molecule has 1 amide bonds. The third kappa shape index (κ3) is 0.949. The predicted octanol–water partition coefficient (Wildman–Crippen LogP) is -1.07. The molecule has 3 saturated heterocycles. The highest BCUT2D eigenvalue weighted by Crippen LogP contribution is 2.35. The molecule has 2 bridgehead atoms. The van der Waals surface area contributed by atoms with Gasteiger partial charge in [0.15, 0.2) is 5.60 Å². The Bertz CT molecular complexity index is 211. The highest BCUT2D eigenvalue weighted by Gasteiger charge is 2.49. The van der Waals surface area contributed by atoms with E-state index in [9.17, 15) is 9.90 Å². The van der Waals surface area contributed by atoms with Gasteiger partial charge in [0.1, 0.15) is 0 Å². The number of piperidine rings is 3. The van der Waals surface area contributed by atoms with Gasteiger partial charge in [-0.1, -0.05) is 0 Å². The number of carbonyl (C=O) groups excluding carboxylic acids is 1. The number of rotatable bonds is 1. The fourth-order valence-corrected chi connectivity index (χ4v) is 2.32. The molecular weight excluding hydrogens is 156 g/mol. The van der Waals surface area contributed by atoms with Crippen LogP contribution in [0.1, 0.15) is 12.8 Å². The molecule has 0 aromatic heterocycles. The maximum atomic E-state index is 11.0. The van der Waals surface area contributed by atoms with E-state index in [1.54, 1.807) is 0 Å². The van der Waals surface area contributed by atoms with Crippen molar-refractivity contribution < 1.29 is 9.90 Å². The summed E-state index contributed by atoms with van der Waals surface area (Å²) in [7, 11) is 0. The highest BCUT2D eigenvalue weighted by molar-refractivity contribution is 5.84. The van der Waals surface area contributed by atoms with Crippen molar-refractivity contribution in [1.29, 1.82) is 0 Å². The van der Waals surface area contributed by atoms with Crippen LogP contribution in [0.25, 0.3) is 0 Å². The summed E-state index contributed by atoms with van der Waals surface area (Å²) in [6.07, 6.45) is 1.80. The Morgan fingerprint density at radius 2 is 2.08 bits per heavy atom. The van der Waals surface area contributed by atoms with Crippen LogP contribution in [0.4, 0.5) is 0 Å². The molecule has 0 spiro atoms. The van der Waals surface area contributed by atoms with Gasteiger partial charge in [-0.25, -0.2) is 0 Å². The van der Waals surface area contributed by atoms with E-state index >= 15 is 0 Å². The summed E-state index contributed by atoms with van der Waals surface area (Å²) in [4.78, 5) is 13.1. The summed E-state index contributed by atoms with van der Waals surface area (Å²) in [5.74, 6) is -0.461. The van der Waals surface area contributed by atoms with Crippen molar-refractivity contribution in [1.82, 2.24) is 4.90 Å². The number of primary amides is 1. The van der Waals surface area contributed by atoms with Crippen molar-refractivity contribution in [2.24, 2.45) is 11.7 Å². The van der Waals surface area contributed by atoms with Crippen molar-refractivity contribution >= 4 is 5.91 Å². The first kappa shape index (κ1) is 8.01. The maximum absolute atomic E-state index is 11.0. The predicted molar refractivity (Wildman–Crippen MR) is 43.3 cm³/mol. The summed E-state index contributed by atoms with van der Waals surface area (Å²) in [5, 5.41) is 9.92. The third-order valence-electron chi connectivity index (χ3n) is 3.15. The van der Waals surface area contributed by atoms with Crippen molar-refractivity contribution in [3.63, 3.8) is 0 Å². The molecule has 1 atom stereocenters. The highest BCUT2D eigenvalue weighted by atomic mass is 16.3. The van der Waals surface area contributed by atoms with Gasteiger partial charge in [0, 0.05) is 12.5 Å². The van der Waals surface area contributed by atoms with E-state index in [-0.39, 0.29) is 5.92 Å². The van der Waals surface area contributed by atoms with E-state index in [1.807, 2.05) is 0 Å². The lowest BCUT2D eigenvalue weighted by Crippen LogP contribution is -2.64. The number of aliphatic hydroxyl groups is 1. The smallest absolute Gasteiger partial charge is 0.251 e. The largest absolute Gasteiger partial charge is 0.378 e. The average Bonchev–Trinajstić information content (AvgIpc) is 2.05. The summed E-state index contributed by atoms with van der Waals surface area (Å²) in [6, 6.07) is 0. The summed E-state index contributed by atoms with van der Waals surface area (Å²) in [6.45, 7) is 2.44. The van der Waals surface area contributed by atoms with Gasteiger partial charge in [-0.3, -0.25) is 9.69 Å². The van der Waals surface area contributed by atoms with Gasteiger partial charge < -0.3 is 10.8 Å². The number of hydrogen-bond acceptors (Lipinski definition) is 3. The molecule has 3 aliphatic rings. The van der Waals surface area contributed by atoms with E-state index in [0.29, 0.717) is 6.54 Å². The van der Waals surface area contributed by atoms with Crippen LogP contribution in [0.3, 0.4) is 0 Å². The normalized spacial score (nSPS) is 46.1. The Kier molecular flexibility index (Phi) is 1.63. The quantitative estimate of drug-likeness (QED) is 0.526. The van der Waals surface area contributed by atoms with E-state index < -0.39 is 11.5 Å². The Labute approximate surface area is 71.3 Å². The molecule has 3 heterocycles. The number of amides is 1. The second-order valence-electron chi connectivity index (χ2n) is 3.84. The fraction of sp³-hybridized carbons (Fsp3) is 0.875. The van der Waals surface area contributed by atoms with Gasteiger partial charge >= 0.3 is 0 Å². The van der Waals surface area contributed by atoms with Crippen LogP contribution in [-0.4, -0.2) is 41.1 Å². The van der Waals surface area contributed by atoms with Crippen LogP contribution in [0.5, 0.6) is 0 Å². The lowest BCUT2D eigenvalue weighted by molar-refractivity contribution is -0.158. The molecule has 0 aromatic carbocycles. The molecule has 12 heavy (non-hydrogen) atoms. The van der Waals surface area contributed by atoms with Crippen molar-refractivity contribution in [2.45, 2.75) is 18.4 Å². The first-order valence-corrected chi connectivity index (χ1v) is 4.37. The Balaban J connectivity index is 2.22. The molecule has 0 saturated carbocycles. The van der Waals surface area contributed by atoms with Gasteiger partial charge in [-0.2, -0.15) is 0 Å². The minimum Gasteiger partial charge on any atom is -0.378 e. The lowest BCUT2D eigenvalue weighted by atomic mass is 9.75. The zero-order valence-corrected chi connectivity index (χ0v) is 6.99. The molecule has 68 valence electrons. The van der Waals surface area contributed by atoms with Crippen LogP contribution in [-0.2, 0) is 4.79 Å². The standard InChI is InChI=1S/C8H14N2O2/c9-7(11)8(12)5-10-3-1-6(8)2-4-10/h6,12H,1-5H2,(H2,9,11)/t8-/m1/s1. The number of nitrogens with two attached hydrogens (primary N) is 1. The van der Waals surface area contributed by atoms with E-state index in [4.69, 9.17) is 5.73 Å². The number of hydrogen-bond donors (Lipinski definition) is 2. The Morgan fingerprint density at radius 3 is 2.33 bits per heavy atom. The molecule has 3 fully saturated rings. The van der Waals surface area contributed by atoms with Crippen LogP contribution < -0.4 is 5.73 Å². The Morgan fingerprint density at radius 1 is 1.50 bits per heavy atom. The van der Waals surface area contributed by atoms with Gasteiger partial charge in [-0.15, -0.1) is 0 Å². The summed E-state index contributed by atoms with van der Waals surface area (Å²) in [5.41, 5.74) is 3.93. The zero-order valence-electron chi connectivity index (χ0n) is 6.99. The molecule has 0 aliphatic carbocycles. The second-order valence-corrected chi connectivity index (χ2v) is 3.84. The van der Waals surface area contributed by atoms with Crippen LogP contribution >= 0.6 is 0 Å². The van der Waals surface area contributed by atoms with Gasteiger partial charge in [0.2, 0.25) is 0 Å². The van der Waals surface area contributed by atoms with E-state index in [0.717, 1.165) is 25.9 Å². The molecule has 0 aromatic rings. The second kappa shape index (κ2) is 2.44. The SMILES string of the molecule is NC(=O)[C@@]1(O)CN2CCC1CC2. The monoisotopic (exact) mass is 170 g/mol. The van der Waals surface area contributed by atoms with Crippen LogP contribution in [0, 0.1) is 5.92 Å². The van der Waals surface area contributed by atoms with E-state index in [2.05, 4.69) is 4.90 Å². The molecule has 4 heteroatoms. The first-order valence-electron chi connectivity index (χ1n) is 4.37. The molecule has 4 nitrogen and oxygen atoms in total. The molecule has 3 N–H and O–H groups in total. The third-order valence-corrected chi connectivity index (χ3v) is 3.15. The molecule has 0 radical (unpaired) electrons.